The van der Waals surface area contributed by atoms with Crippen LogP contribution in [0.4, 0.5) is 0 Å². The molecule has 0 spiro atoms. The van der Waals surface area contributed by atoms with Crippen molar-refractivity contribution in [1.82, 2.24) is 10.6 Å². The molecule has 0 amide bonds. The molecule has 0 fully saturated rings. The van der Waals surface area contributed by atoms with Gasteiger partial charge < -0.3 is 15.7 Å². The average Bonchev–Trinajstić information content (AvgIpc) is 3.10. The topological polar surface area (TPSA) is 56.7 Å². The van der Waals surface area contributed by atoms with E-state index in [1.807, 2.05) is 12.1 Å². The zero-order valence-corrected chi connectivity index (χ0v) is 14.2. The van der Waals surface area contributed by atoms with E-state index in [1.165, 1.54) is 28.8 Å². The number of aryl methyl sites for hydroxylation is 1. The molecule has 1 aliphatic carbocycles. The highest BCUT2D eigenvalue weighted by atomic mass is 32.1. The zero-order chi connectivity index (χ0) is 16.1. The normalized spacial score (nSPS) is 14.4. The fourth-order valence-corrected chi connectivity index (χ4v) is 3.71. The standard InChI is InChI=1S/C18H23N3OS/c1-19-18(20-11-14-6-4-10-23-14)21-12-16-15-7-3-2-5-13(15)8-9-17(16)22/h4,6,8-10,22H,2-3,5,7,11-12H2,1H3,(H2,19,20,21). The lowest BCUT2D eigenvalue weighted by atomic mass is 9.88. The number of aromatic hydroxyl groups is 1. The Hall–Kier alpha value is -2.01. The summed E-state index contributed by atoms with van der Waals surface area (Å²) in [5.41, 5.74) is 3.71. The van der Waals surface area contributed by atoms with Crippen molar-refractivity contribution >= 4 is 17.3 Å². The Bertz CT molecular complexity index is 680. The Balaban J connectivity index is 1.65. The van der Waals surface area contributed by atoms with E-state index in [4.69, 9.17) is 0 Å². The molecule has 1 heterocycles. The van der Waals surface area contributed by atoms with Gasteiger partial charge in [-0.05, 0) is 54.3 Å². The number of phenolic OH excluding ortho intramolecular Hbond substituents is 1. The van der Waals surface area contributed by atoms with Crippen LogP contribution in [0.5, 0.6) is 5.75 Å². The minimum absolute atomic E-state index is 0.381. The van der Waals surface area contributed by atoms with Crippen molar-refractivity contribution in [3.63, 3.8) is 0 Å². The summed E-state index contributed by atoms with van der Waals surface area (Å²) < 4.78 is 0. The summed E-state index contributed by atoms with van der Waals surface area (Å²) in [5, 5.41) is 18.9. The van der Waals surface area contributed by atoms with Crippen LogP contribution >= 0.6 is 11.3 Å². The van der Waals surface area contributed by atoms with Gasteiger partial charge in [0.05, 0.1) is 6.54 Å². The van der Waals surface area contributed by atoms with Crippen molar-refractivity contribution < 1.29 is 5.11 Å². The Labute approximate surface area is 141 Å². The molecule has 1 aliphatic rings. The second-order valence-electron chi connectivity index (χ2n) is 5.77. The Morgan fingerprint density at radius 1 is 1.17 bits per heavy atom. The monoisotopic (exact) mass is 329 g/mol. The van der Waals surface area contributed by atoms with Crippen LogP contribution in [-0.2, 0) is 25.9 Å². The molecule has 5 heteroatoms. The van der Waals surface area contributed by atoms with Gasteiger partial charge in [0.15, 0.2) is 5.96 Å². The van der Waals surface area contributed by atoms with Gasteiger partial charge in [-0.15, -0.1) is 11.3 Å². The molecule has 4 nitrogen and oxygen atoms in total. The first-order valence-corrected chi connectivity index (χ1v) is 8.95. The molecule has 2 aromatic rings. The summed E-state index contributed by atoms with van der Waals surface area (Å²) in [6.07, 6.45) is 4.62. The van der Waals surface area contributed by atoms with Crippen LogP contribution < -0.4 is 10.6 Å². The first kappa shape index (κ1) is 15.9. The van der Waals surface area contributed by atoms with Gasteiger partial charge in [-0.2, -0.15) is 0 Å². The summed E-state index contributed by atoms with van der Waals surface area (Å²) in [6.45, 7) is 1.36. The minimum atomic E-state index is 0.381. The number of nitrogens with one attached hydrogen (secondary N) is 2. The van der Waals surface area contributed by atoms with Crippen LogP contribution in [0, 0.1) is 0 Å². The van der Waals surface area contributed by atoms with Crippen LogP contribution in [0.25, 0.3) is 0 Å². The zero-order valence-electron chi connectivity index (χ0n) is 13.4. The molecule has 0 unspecified atom stereocenters. The second kappa shape index (κ2) is 7.51. The van der Waals surface area contributed by atoms with Crippen LogP contribution in [0.15, 0.2) is 34.6 Å². The van der Waals surface area contributed by atoms with Crippen LogP contribution in [-0.4, -0.2) is 18.1 Å². The highest BCUT2D eigenvalue weighted by Crippen LogP contribution is 2.30. The van der Waals surface area contributed by atoms with Gasteiger partial charge >= 0.3 is 0 Å². The van der Waals surface area contributed by atoms with Crippen molar-refractivity contribution in [1.29, 1.82) is 0 Å². The Kier molecular flexibility index (Phi) is 5.18. The van der Waals surface area contributed by atoms with Gasteiger partial charge in [-0.1, -0.05) is 12.1 Å². The Morgan fingerprint density at radius 3 is 2.78 bits per heavy atom. The van der Waals surface area contributed by atoms with Gasteiger partial charge in [-0.25, -0.2) is 0 Å². The molecule has 0 saturated heterocycles. The van der Waals surface area contributed by atoms with E-state index >= 15 is 0 Å². The average molecular weight is 329 g/mol. The molecular formula is C18H23N3OS. The number of aliphatic imine (C=N–C) groups is 1. The van der Waals surface area contributed by atoms with E-state index in [1.54, 1.807) is 18.4 Å². The van der Waals surface area contributed by atoms with E-state index in [2.05, 4.69) is 33.1 Å². The highest BCUT2D eigenvalue weighted by Gasteiger charge is 2.16. The fourth-order valence-electron chi connectivity index (χ4n) is 3.07. The lowest BCUT2D eigenvalue weighted by Gasteiger charge is -2.21. The SMILES string of the molecule is CN=C(NCc1cccs1)NCc1c(O)ccc2c1CCCC2. The first-order chi connectivity index (χ1) is 11.3. The van der Waals surface area contributed by atoms with Crippen molar-refractivity contribution in [3.8, 4) is 5.75 Å². The van der Waals surface area contributed by atoms with E-state index < -0.39 is 0 Å². The third kappa shape index (κ3) is 3.85. The maximum absolute atomic E-state index is 10.2. The van der Waals surface area contributed by atoms with E-state index in [0.29, 0.717) is 12.3 Å². The van der Waals surface area contributed by atoms with Crippen molar-refractivity contribution in [3.05, 3.63) is 51.2 Å². The third-order valence-corrected chi connectivity index (χ3v) is 5.17. The lowest BCUT2D eigenvalue weighted by Crippen LogP contribution is -2.36. The van der Waals surface area contributed by atoms with Gasteiger partial charge in [0.1, 0.15) is 5.75 Å². The number of fused-ring (bicyclic) bond motifs is 1. The summed E-state index contributed by atoms with van der Waals surface area (Å²) in [4.78, 5) is 5.53. The summed E-state index contributed by atoms with van der Waals surface area (Å²) in [5.74, 6) is 1.14. The van der Waals surface area contributed by atoms with Crippen LogP contribution in [0.1, 0.15) is 34.4 Å². The number of hydrogen-bond donors (Lipinski definition) is 3. The van der Waals surface area contributed by atoms with E-state index in [-0.39, 0.29) is 0 Å². The maximum atomic E-state index is 10.2. The number of guanidine groups is 1. The van der Waals surface area contributed by atoms with Gasteiger partial charge in [0, 0.05) is 24.0 Å². The summed E-state index contributed by atoms with van der Waals surface area (Å²) in [6, 6.07) is 8.04. The van der Waals surface area contributed by atoms with Gasteiger partial charge in [0.25, 0.3) is 0 Å². The molecule has 1 aromatic carbocycles. The molecule has 0 atom stereocenters. The van der Waals surface area contributed by atoms with Crippen LogP contribution in [0.2, 0.25) is 0 Å². The molecule has 122 valence electrons. The predicted octanol–water partition coefficient (Wildman–Crippen LogP) is 3.20. The van der Waals surface area contributed by atoms with Crippen molar-refractivity contribution in [2.24, 2.45) is 4.99 Å². The molecule has 3 rings (SSSR count). The van der Waals surface area contributed by atoms with E-state index in [0.717, 1.165) is 30.9 Å². The summed E-state index contributed by atoms with van der Waals surface area (Å²) in [7, 11) is 1.77. The predicted molar refractivity (Wildman–Crippen MR) is 96.1 cm³/mol. The summed E-state index contributed by atoms with van der Waals surface area (Å²) >= 11 is 1.73. The smallest absolute Gasteiger partial charge is 0.191 e. The second-order valence-corrected chi connectivity index (χ2v) is 6.80. The molecular weight excluding hydrogens is 306 g/mol. The number of hydrogen-bond acceptors (Lipinski definition) is 3. The van der Waals surface area contributed by atoms with E-state index in [9.17, 15) is 5.11 Å². The lowest BCUT2D eigenvalue weighted by molar-refractivity contribution is 0.464. The maximum Gasteiger partial charge on any atom is 0.191 e. The molecule has 3 N–H and O–H groups in total. The third-order valence-electron chi connectivity index (χ3n) is 4.29. The number of rotatable bonds is 4. The number of phenols is 1. The molecule has 0 saturated carbocycles. The molecule has 0 radical (unpaired) electrons. The molecule has 23 heavy (non-hydrogen) atoms. The fraction of sp³-hybridized carbons (Fsp3) is 0.389. The van der Waals surface area contributed by atoms with Gasteiger partial charge in [-0.3, -0.25) is 4.99 Å². The quantitative estimate of drug-likeness (QED) is 0.596. The van der Waals surface area contributed by atoms with Crippen molar-refractivity contribution in [2.45, 2.75) is 38.8 Å². The minimum Gasteiger partial charge on any atom is -0.508 e. The number of benzene rings is 1. The van der Waals surface area contributed by atoms with Gasteiger partial charge in [0.2, 0.25) is 0 Å². The largest absolute Gasteiger partial charge is 0.508 e. The number of nitrogens with zero attached hydrogens (tertiary/aromatic N) is 1. The van der Waals surface area contributed by atoms with Crippen LogP contribution in [0.3, 0.4) is 0 Å². The van der Waals surface area contributed by atoms with Crippen molar-refractivity contribution in [2.75, 3.05) is 7.05 Å². The molecule has 0 aliphatic heterocycles. The first-order valence-electron chi connectivity index (χ1n) is 8.07. The Morgan fingerprint density at radius 2 is 2.00 bits per heavy atom. The molecule has 1 aromatic heterocycles. The number of thiophene rings is 1. The highest BCUT2D eigenvalue weighted by molar-refractivity contribution is 7.09. The molecule has 0 bridgehead atoms.